The molecule has 2 aliphatic heterocycles. The third kappa shape index (κ3) is 3.79. The van der Waals surface area contributed by atoms with E-state index in [1.165, 1.54) is 6.26 Å². The van der Waals surface area contributed by atoms with Gasteiger partial charge in [0.2, 0.25) is 0 Å². The number of aromatic amines is 1. The number of carbonyl (C=O) groups is 3. The molecule has 40 heavy (non-hydrogen) atoms. The van der Waals surface area contributed by atoms with Gasteiger partial charge in [-0.05, 0) is 53.6 Å². The van der Waals surface area contributed by atoms with Gasteiger partial charge < -0.3 is 14.7 Å². The number of carbonyl (C=O) groups excluding carboxylic acids is 3. The van der Waals surface area contributed by atoms with Crippen LogP contribution in [0.15, 0.2) is 95.6 Å². The van der Waals surface area contributed by atoms with Crippen molar-refractivity contribution in [2.24, 2.45) is 0 Å². The molecule has 2 atom stereocenters. The summed E-state index contributed by atoms with van der Waals surface area (Å²) in [6.07, 6.45) is 1.88. The summed E-state index contributed by atoms with van der Waals surface area (Å²) in [5.74, 6) is -0.201. The molecule has 9 heteroatoms. The fourth-order valence-corrected chi connectivity index (χ4v) is 6.05. The number of amides is 4. The number of furan rings is 1. The second-order valence-electron chi connectivity index (χ2n) is 9.88. The Morgan fingerprint density at radius 3 is 2.65 bits per heavy atom. The molecule has 1 fully saturated rings. The lowest BCUT2D eigenvalue weighted by molar-refractivity contribution is -0.120. The molecule has 0 bridgehead atoms. The van der Waals surface area contributed by atoms with Crippen LogP contribution in [0.2, 0.25) is 5.02 Å². The number of para-hydroxylation sites is 2. The molecule has 0 saturated carbocycles. The zero-order valence-corrected chi connectivity index (χ0v) is 21.9. The van der Waals surface area contributed by atoms with E-state index < -0.39 is 24.0 Å². The molecule has 1 saturated heterocycles. The molecule has 198 valence electrons. The molecule has 4 amide bonds. The number of urea groups is 1. The number of nitrogens with zero attached hydrogens (tertiary/aromatic N) is 2. The first kappa shape index (κ1) is 24.2. The third-order valence-electron chi connectivity index (χ3n) is 7.61. The molecule has 0 aliphatic carbocycles. The van der Waals surface area contributed by atoms with Crippen LogP contribution >= 0.6 is 11.6 Å². The van der Waals surface area contributed by atoms with Gasteiger partial charge in [-0.25, -0.2) is 9.69 Å². The maximum absolute atomic E-state index is 14.2. The van der Waals surface area contributed by atoms with Crippen LogP contribution in [0.3, 0.4) is 0 Å². The molecule has 3 aromatic carbocycles. The largest absolute Gasteiger partial charge is 0.467 e. The van der Waals surface area contributed by atoms with Gasteiger partial charge in [-0.2, -0.15) is 0 Å². The summed E-state index contributed by atoms with van der Waals surface area (Å²) in [7, 11) is 0. The number of nitrogens with one attached hydrogen (secondary N) is 2. The Kier molecular flexibility index (Phi) is 5.71. The van der Waals surface area contributed by atoms with Crippen molar-refractivity contribution in [2.45, 2.75) is 25.0 Å². The van der Waals surface area contributed by atoms with Gasteiger partial charge in [0.05, 0.1) is 24.1 Å². The van der Waals surface area contributed by atoms with E-state index in [-0.39, 0.29) is 23.7 Å². The highest BCUT2D eigenvalue weighted by molar-refractivity contribution is 6.30. The number of fused-ring (bicyclic) bond motifs is 4. The molecule has 5 aromatic rings. The molecular formula is C31H23ClN4O4. The van der Waals surface area contributed by atoms with E-state index in [1.807, 2.05) is 42.5 Å². The quantitative estimate of drug-likeness (QED) is 0.269. The molecular weight excluding hydrogens is 528 g/mol. The number of benzene rings is 3. The summed E-state index contributed by atoms with van der Waals surface area (Å²) < 4.78 is 5.31. The van der Waals surface area contributed by atoms with Crippen LogP contribution in [0.5, 0.6) is 0 Å². The lowest BCUT2D eigenvalue weighted by Crippen LogP contribution is -2.44. The minimum Gasteiger partial charge on any atom is -0.467 e. The van der Waals surface area contributed by atoms with Crippen LogP contribution in [0.4, 0.5) is 10.5 Å². The van der Waals surface area contributed by atoms with Gasteiger partial charge in [0.25, 0.3) is 11.8 Å². The molecule has 8 nitrogen and oxygen atoms in total. The Hall–Kier alpha value is -4.82. The SMILES string of the molecule is O=C(NCc1ccco1)c1ccccc1N1C(=O)[C@@H]2Cc3c([nH]c4ccccc34)[C@H](c3cccc(Cl)c3)N2C1=O. The lowest BCUT2D eigenvalue weighted by atomic mass is 9.89. The minimum absolute atomic E-state index is 0.176. The highest BCUT2D eigenvalue weighted by Gasteiger charge is 2.53. The summed E-state index contributed by atoms with van der Waals surface area (Å²) >= 11 is 6.38. The van der Waals surface area contributed by atoms with Crippen LogP contribution in [-0.4, -0.2) is 33.8 Å². The van der Waals surface area contributed by atoms with Crippen LogP contribution in [0.25, 0.3) is 10.9 Å². The van der Waals surface area contributed by atoms with Gasteiger partial charge in [0.1, 0.15) is 17.8 Å². The Labute approximate surface area is 234 Å². The van der Waals surface area contributed by atoms with E-state index in [1.54, 1.807) is 47.4 Å². The average molecular weight is 551 g/mol. The number of hydrogen-bond donors (Lipinski definition) is 2. The summed E-state index contributed by atoms with van der Waals surface area (Å²) in [6.45, 7) is 0.176. The Balaban J connectivity index is 1.31. The van der Waals surface area contributed by atoms with Crippen molar-refractivity contribution in [3.63, 3.8) is 0 Å². The van der Waals surface area contributed by atoms with Crippen molar-refractivity contribution in [3.05, 3.63) is 124 Å². The molecule has 2 aliphatic rings. The zero-order chi connectivity index (χ0) is 27.4. The number of imide groups is 1. The van der Waals surface area contributed by atoms with Crippen molar-refractivity contribution in [1.82, 2.24) is 15.2 Å². The van der Waals surface area contributed by atoms with E-state index in [0.29, 0.717) is 17.2 Å². The van der Waals surface area contributed by atoms with Gasteiger partial charge in [0.15, 0.2) is 0 Å². The standard InChI is InChI=1S/C31H23ClN4O4/c32-19-8-5-7-18(15-19)28-27-23(21-10-1-3-12-24(21)34-27)16-26-30(38)36(31(39)35(26)28)25-13-4-2-11-22(25)29(37)33-17-20-9-6-14-40-20/h1-15,26,28,34H,16-17H2,(H,33,37)/t26-,28-/m0/s1. The van der Waals surface area contributed by atoms with Crippen LogP contribution in [-0.2, 0) is 17.8 Å². The Bertz CT molecular complexity index is 1790. The minimum atomic E-state index is -0.748. The second-order valence-corrected chi connectivity index (χ2v) is 10.3. The normalized spacial score (nSPS) is 18.2. The van der Waals surface area contributed by atoms with E-state index >= 15 is 0 Å². The summed E-state index contributed by atoms with van der Waals surface area (Å²) in [6, 6.07) is 23.6. The number of anilines is 1. The highest BCUT2D eigenvalue weighted by Crippen LogP contribution is 2.45. The van der Waals surface area contributed by atoms with Crippen LogP contribution in [0, 0.1) is 0 Å². The van der Waals surface area contributed by atoms with Crippen molar-refractivity contribution < 1.29 is 18.8 Å². The van der Waals surface area contributed by atoms with Crippen LogP contribution < -0.4 is 10.2 Å². The fourth-order valence-electron chi connectivity index (χ4n) is 5.86. The van der Waals surface area contributed by atoms with Crippen molar-refractivity contribution in [3.8, 4) is 0 Å². The topological polar surface area (TPSA) is 98.7 Å². The molecule has 4 heterocycles. The predicted molar refractivity (Wildman–Crippen MR) is 150 cm³/mol. The average Bonchev–Trinajstić information content (AvgIpc) is 3.68. The van der Waals surface area contributed by atoms with Gasteiger partial charge >= 0.3 is 6.03 Å². The molecule has 2 N–H and O–H groups in total. The summed E-state index contributed by atoms with van der Waals surface area (Å²) in [5, 5.41) is 4.36. The first-order valence-corrected chi connectivity index (χ1v) is 13.3. The predicted octanol–water partition coefficient (Wildman–Crippen LogP) is 5.83. The third-order valence-corrected chi connectivity index (χ3v) is 7.84. The molecule has 0 unspecified atom stereocenters. The number of H-pyrrole nitrogens is 1. The number of hydrogen-bond acceptors (Lipinski definition) is 4. The zero-order valence-electron chi connectivity index (χ0n) is 21.1. The lowest BCUT2D eigenvalue weighted by Gasteiger charge is -2.36. The van der Waals surface area contributed by atoms with E-state index in [4.69, 9.17) is 16.0 Å². The van der Waals surface area contributed by atoms with Crippen molar-refractivity contribution in [2.75, 3.05) is 4.90 Å². The summed E-state index contributed by atoms with van der Waals surface area (Å²) in [5.41, 5.74) is 4.04. The first-order chi connectivity index (χ1) is 19.5. The van der Waals surface area contributed by atoms with E-state index in [0.717, 1.165) is 32.6 Å². The van der Waals surface area contributed by atoms with Crippen molar-refractivity contribution in [1.29, 1.82) is 0 Å². The molecule has 2 aromatic heterocycles. The number of aromatic nitrogens is 1. The number of halogens is 1. The Morgan fingerprint density at radius 1 is 1.00 bits per heavy atom. The van der Waals surface area contributed by atoms with Gasteiger partial charge in [0, 0.05) is 28.0 Å². The molecule has 0 radical (unpaired) electrons. The maximum atomic E-state index is 14.2. The van der Waals surface area contributed by atoms with Gasteiger partial charge in [-0.1, -0.05) is 54.1 Å². The van der Waals surface area contributed by atoms with Gasteiger partial charge in [-0.15, -0.1) is 0 Å². The van der Waals surface area contributed by atoms with Crippen molar-refractivity contribution >= 4 is 46.0 Å². The van der Waals surface area contributed by atoms with Crippen LogP contribution in [0.1, 0.15) is 39.0 Å². The van der Waals surface area contributed by atoms with Gasteiger partial charge in [-0.3, -0.25) is 14.5 Å². The monoisotopic (exact) mass is 550 g/mol. The molecule has 7 rings (SSSR count). The maximum Gasteiger partial charge on any atom is 0.332 e. The molecule has 0 spiro atoms. The Morgan fingerprint density at radius 2 is 1.82 bits per heavy atom. The van der Waals surface area contributed by atoms with E-state index in [9.17, 15) is 14.4 Å². The number of rotatable bonds is 5. The fraction of sp³-hybridized carbons (Fsp3) is 0.129. The highest BCUT2D eigenvalue weighted by atomic mass is 35.5. The second kappa shape index (κ2) is 9.43. The smallest absolute Gasteiger partial charge is 0.332 e. The van der Waals surface area contributed by atoms with E-state index in [2.05, 4.69) is 10.3 Å². The summed E-state index contributed by atoms with van der Waals surface area (Å²) in [4.78, 5) is 47.7. The first-order valence-electron chi connectivity index (χ1n) is 12.9.